The topological polar surface area (TPSA) is 53.0 Å². The minimum Gasteiger partial charge on any atom is -0.479 e. The molecule has 0 amide bonds. The fraction of sp³-hybridized carbons (Fsp3) is 0.900. The normalized spacial score (nSPS) is 23.3. The Morgan fingerprint density at radius 2 is 2.33 bits per heavy atom. The summed E-state index contributed by atoms with van der Waals surface area (Å²) in [4.78, 5) is 15.0. The van der Waals surface area contributed by atoms with Gasteiger partial charge in [-0.25, -0.2) is 4.79 Å². The molecule has 15 heavy (non-hydrogen) atoms. The molecule has 1 unspecified atom stereocenters. The van der Waals surface area contributed by atoms with Gasteiger partial charge in [0, 0.05) is 13.1 Å². The lowest BCUT2D eigenvalue weighted by Crippen LogP contribution is -2.46. The Kier molecular flexibility index (Phi) is 5.01. The van der Waals surface area contributed by atoms with Crippen LogP contribution in [0.4, 0.5) is 0 Å². The third-order valence-corrected chi connectivity index (χ3v) is 2.51. The van der Waals surface area contributed by atoms with Crippen LogP contribution in [-0.4, -0.2) is 73.9 Å². The fourth-order valence-electron chi connectivity index (χ4n) is 1.67. The molecule has 5 nitrogen and oxygen atoms in total. The molecule has 0 spiro atoms. The predicted octanol–water partition coefficient (Wildman–Crippen LogP) is -0.276. The zero-order chi connectivity index (χ0) is 11.3. The lowest BCUT2D eigenvalue weighted by Gasteiger charge is -2.30. The van der Waals surface area contributed by atoms with Gasteiger partial charge < -0.3 is 14.7 Å². The molecule has 0 aromatic carbocycles. The Balaban J connectivity index is 2.21. The lowest BCUT2D eigenvalue weighted by molar-refractivity contribution is -0.156. The average Bonchev–Trinajstić information content (AvgIpc) is 2.17. The van der Waals surface area contributed by atoms with Crippen LogP contribution in [0, 0.1) is 0 Å². The first-order valence-electron chi connectivity index (χ1n) is 5.31. The van der Waals surface area contributed by atoms with Crippen LogP contribution in [0.1, 0.15) is 6.42 Å². The quantitative estimate of drug-likeness (QED) is 0.685. The van der Waals surface area contributed by atoms with Crippen molar-refractivity contribution in [3.63, 3.8) is 0 Å². The maximum Gasteiger partial charge on any atom is 0.334 e. The molecule has 0 aromatic heterocycles. The standard InChI is InChI=1S/C10H20N2O3/c1-11(2)4-3-5-12-6-7-15-9(8-12)10(13)14/h9H,3-8H2,1-2H3,(H,13,14). The zero-order valence-corrected chi connectivity index (χ0v) is 9.48. The second kappa shape index (κ2) is 6.05. The summed E-state index contributed by atoms with van der Waals surface area (Å²) in [5.41, 5.74) is 0. The first-order valence-corrected chi connectivity index (χ1v) is 5.31. The van der Waals surface area contributed by atoms with Crippen LogP contribution in [0.25, 0.3) is 0 Å². The number of hydrogen-bond acceptors (Lipinski definition) is 4. The highest BCUT2D eigenvalue weighted by atomic mass is 16.5. The number of hydrogen-bond donors (Lipinski definition) is 1. The number of aliphatic carboxylic acids is 1. The number of ether oxygens (including phenoxy) is 1. The van der Waals surface area contributed by atoms with E-state index in [0.29, 0.717) is 13.2 Å². The van der Waals surface area contributed by atoms with Crippen LogP contribution >= 0.6 is 0 Å². The van der Waals surface area contributed by atoms with Gasteiger partial charge in [-0.1, -0.05) is 0 Å². The van der Waals surface area contributed by atoms with Gasteiger partial charge in [0.1, 0.15) is 0 Å². The molecular formula is C10H20N2O3. The van der Waals surface area contributed by atoms with Gasteiger partial charge in [-0.2, -0.15) is 0 Å². The molecule has 5 heteroatoms. The van der Waals surface area contributed by atoms with E-state index in [1.165, 1.54) is 0 Å². The van der Waals surface area contributed by atoms with Crippen LogP contribution in [0.15, 0.2) is 0 Å². The van der Waals surface area contributed by atoms with Gasteiger partial charge in [-0.3, -0.25) is 4.90 Å². The van der Waals surface area contributed by atoms with Crippen molar-refractivity contribution in [3.8, 4) is 0 Å². The maximum absolute atomic E-state index is 10.7. The van der Waals surface area contributed by atoms with Crippen molar-refractivity contribution < 1.29 is 14.6 Å². The molecule has 1 aliphatic rings. The molecule has 0 aromatic rings. The molecule has 1 fully saturated rings. The van der Waals surface area contributed by atoms with Crippen molar-refractivity contribution in [3.05, 3.63) is 0 Å². The largest absolute Gasteiger partial charge is 0.479 e. The predicted molar refractivity (Wildman–Crippen MR) is 57.0 cm³/mol. The van der Waals surface area contributed by atoms with Gasteiger partial charge in [-0.05, 0) is 33.6 Å². The van der Waals surface area contributed by atoms with Crippen LogP contribution in [-0.2, 0) is 9.53 Å². The van der Waals surface area contributed by atoms with Crippen molar-refractivity contribution >= 4 is 5.97 Å². The van der Waals surface area contributed by atoms with Gasteiger partial charge in [0.05, 0.1) is 6.61 Å². The minimum atomic E-state index is -0.854. The second-order valence-corrected chi connectivity index (χ2v) is 4.16. The Morgan fingerprint density at radius 1 is 1.60 bits per heavy atom. The highest BCUT2D eigenvalue weighted by molar-refractivity contribution is 5.72. The van der Waals surface area contributed by atoms with E-state index < -0.39 is 12.1 Å². The summed E-state index contributed by atoms with van der Waals surface area (Å²) in [6.07, 6.45) is 0.428. The lowest BCUT2D eigenvalue weighted by atomic mass is 10.2. The second-order valence-electron chi connectivity index (χ2n) is 4.16. The summed E-state index contributed by atoms with van der Waals surface area (Å²) in [5, 5.41) is 8.81. The first-order chi connectivity index (χ1) is 7.09. The number of rotatable bonds is 5. The molecule has 1 saturated heterocycles. The summed E-state index contributed by atoms with van der Waals surface area (Å²) in [6, 6.07) is 0. The smallest absolute Gasteiger partial charge is 0.334 e. The summed E-state index contributed by atoms with van der Waals surface area (Å²) < 4.78 is 5.15. The van der Waals surface area contributed by atoms with E-state index in [1.54, 1.807) is 0 Å². The highest BCUT2D eigenvalue weighted by Gasteiger charge is 2.25. The van der Waals surface area contributed by atoms with E-state index in [-0.39, 0.29) is 0 Å². The summed E-state index contributed by atoms with van der Waals surface area (Å²) in [5.74, 6) is -0.854. The third kappa shape index (κ3) is 4.59. The van der Waals surface area contributed by atoms with E-state index in [9.17, 15) is 4.79 Å². The molecule has 1 heterocycles. The van der Waals surface area contributed by atoms with Crippen molar-refractivity contribution in [1.82, 2.24) is 9.80 Å². The first kappa shape index (κ1) is 12.4. The van der Waals surface area contributed by atoms with E-state index in [1.807, 2.05) is 14.1 Å². The average molecular weight is 216 g/mol. The Bertz CT molecular complexity index is 209. The Hall–Kier alpha value is -0.650. The molecule has 0 saturated carbocycles. The van der Waals surface area contributed by atoms with E-state index in [2.05, 4.69) is 9.80 Å². The molecule has 0 bridgehead atoms. The molecular weight excluding hydrogens is 196 g/mol. The van der Waals surface area contributed by atoms with Crippen LogP contribution in [0.5, 0.6) is 0 Å². The van der Waals surface area contributed by atoms with E-state index in [4.69, 9.17) is 9.84 Å². The molecule has 1 rings (SSSR count). The molecule has 0 aliphatic carbocycles. The van der Waals surface area contributed by atoms with Gasteiger partial charge in [0.2, 0.25) is 0 Å². The minimum absolute atomic E-state index is 0.517. The number of nitrogens with zero attached hydrogens (tertiary/aromatic N) is 2. The van der Waals surface area contributed by atoms with Crippen LogP contribution < -0.4 is 0 Å². The maximum atomic E-state index is 10.7. The van der Waals surface area contributed by atoms with Crippen molar-refractivity contribution in [2.45, 2.75) is 12.5 Å². The monoisotopic (exact) mass is 216 g/mol. The molecule has 1 atom stereocenters. The molecule has 1 N–H and O–H groups in total. The van der Waals surface area contributed by atoms with Gasteiger partial charge in [0.15, 0.2) is 6.10 Å². The van der Waals surface area contributed by atoms with Gasteiger partial charge in [0.25, 0.3) is 0 Å². The van der Waals surface area contributed by atoms with Crippen LogP contribution in [0.2, 0.25) is 0 Å². The fourth-order valence-corrected chi connectivity index (χ4v) is 1.67. The van der Waals surface area contributed by atoms with Crippen LogP contribution in [0.3, 0.4) is 0 Å². The van der Waals surface area contributed by atoms with Crippen molar-refractivity contribution in [1.29, 1.82) is 0 Å². The summed E-state index contributed by atoms with van der Waals surface area (Å²) in [6.45, 7) is 3.87. The van der Waals surface area contributed by atoms with Gasteiger partial charge in [-0.15, -0.1) is 0 Å². The third-order valence-electron chi connectivity index (χ3n) is 2.51. The number of carbonyl (C=O) groups is 1. The molecule has 0 radical (unpaired) electrons. The summed E-state index contributed by atoms with van der Waals surface area (Å²) >= 11 is 0. The Labute approximate surface area is 90.6 Å². The highest BCUT2D eigenvalue weighted by Crippen LogP contribution is 2.05. The van der Waals surface area contributed by atoms with Crippen molar-refractivity contribution in [2.75, 3.05) is 46.9 Å². The van der Waals surface area contributed by atoms with E-state index in [0.717, 1.165) is 26.1 Å². The number of carboxylic acids is 1. The number of carboxylic acid groups (broad SMARTS) is 1. The zero-order valence-electron chi connectivity index (χ0n) is 9.48. The van der Waals surface area contributed by atoms with E-state index >= 15 is 0 Å². The number of morpholine rings is 1. The van der Waals surface area contributed by atoms with Crippen molar-refractivity contribution in [2.24, 2.45) is 0 Å². The SMILES string of the molecule is CN(C)CCCN1CCOC(C(=O)O)C1. The van der Waals surface area contributed by atoms with Gasteiger partial charge >= 0.3 is 5.97 Å². The molecule has 88 valence electrons. The Morgan fingerprint density at radius 3 is 2.93 bits per heavy atom. The molecule has 1 aliphatic heterocycles. The summed E-state index contributed by atoms with van der Waals surface area (Å²) in [7, 11) is 4.08.